The zero-order valence-corrected chi connectivity index (χ0v) is 17.1. The summed E-state index contributed by atoms with van der Waals surface area (Å²) in [6.07, 6.45) is 6.86. The van der Waals surface area contributed by atoms with Gasteiger partial charge >= 0.3 is 0 Å². The van der Waals surface area contributed by atoms with Crippen LogP contribution in [0.3, 0.4) is 0 Å². The molecule has 0 bridgehead atoms. The second-order valence-electron chi connectivity index (χ2n) is 7.68. The van der Waals surface area contributed by atoms with Crippen molar-refractivity contribution in [1.82, 2.24) is 9.62 Å². The first-order valence-electron chi connectivity index (χ1n) is 9.87. The molecule has 0 atom stereocenters. The zero-order valence-electron chi connectivity index (χ0n) is 16.2. The van der Waals surface area contributed by atoms with E-state index in [-0.39, 0.29) is 16.7 Å². The lowest BCUT2D eigenvalue weighted by Gasteiger charge is -2.32. The van der Waals surface area contributed by atoms with Gasteiger partial charge < -0.3 is 10.1 Å². The number of benzene rings is 1. The summed E-state index contributed by atoms with van der Waals surface area (Å²) in [7, 11) is -2.15. The van der Waals surface area contributed by atoms with Gasteiger partial charge in [-0.2, -0.15) is 4.31 Å². The van der Waals surface area contributed by atoms with Crippen LogP contribution in [0.4, 0.5) is 0 Å². The molecular formula is C20H30N2O4S. The highest BCUT2D eigenvalue weighted by Crippen LogP contribution is 2.30. The molecule has 2 aliphatic rings. The molecule has 27 heavy (non-hydrogen) atoms. The van der Waals surface area contributed by atoms with Crippen LogP contribution in [0, 0.1) is 12.8 Å². The van der Waals surface area contributed by atoms with Gasteiger partial charge in [0, 0.05) is 25.0 Å². The van der Waals surface area contributed by atoms with Crippen LogP contribution >= 0.6 is 0 Å². The van der Waals surface area contributed by atoms with E-state index in [0.29, 0.717) is 37.7 Å². The Hall–Kier alpha value is -1.60. The summed E-state index contributed by atoms with van der Waals surface area (Å²) in [6, 6.07) is 5.46. The Balaban J connectivity index is 1.63. The Morgan fingerprint density at radius 1 is 1.11 bits per heavy atom. The number of nitrogens with one attached hydrogen (secondary N) is 1. The van der Waals surface area contributed by atoms with Gasteiger partial charge in [-0.15, -0.1) is 0 Å². The molecule has 1 saturated heterocycles. The number of carbonyl (C=O) groups excluding carboxylic acids is 1. The van der Waals surface area contributed by atoms with Crippen LogP contribution in [-0.2, 0) is 14.8 Å². The van der Waals surface area contributed by atoms with Crippen molar-refractivity contribution in [3.05, 3.63) is 23.8 Å². The predicted molar refractivity (Wildman–Crippen MR) is 104 cm³/mol. The van der Waals surface area contributed by atoms with Gasteiger partial charge in [-0.25, -0.2) is 8.42 Å². The number of ether oxygens (including phenoxy) is 1. The average molecular weight is 395 g/mol. The fraction of sp³-hybridized carbons (Fsp3) is 0.650. The molecule has 1 heterocycles. The van der Waals surface area contributed by atoms with Crippen LogP contribution in [0.5, 0.6) is 5.75 Å². The zero-order chi connectivity index (χ0) is 19.4. The van der Waals surface area contributed by atoms with Crippen molar-refractivity contribution in [2.75, 3.05) is 20.2 Å². The predicted octanol–water partition coefficient (Wildman–Crippen LogP) is 2.85. The number of aryl methyl sites for hydroxylation is 1. The third-order valence-electron chi connectivity index (χ3n) is 5.71. The van der Waals surface area contributed by atoms with Crippen molar-refractivity contribution in [2.45, 2.75) is 62.8 Å². The van der Waals surface area contributed by atoms with Crippen LogP contribution < -0.4 is 10.1 Å². The van der Waals surface area contributed by atoms with E-state index in [4.69, 9.17) is 4.74 Å². The van der Waals surface area contributed by atoms with E-state index < -0.39 is 10.0 Å². The quantitative estimate of drug-likeness (QED) is 0.833. The number of amides is 1. The molecule has 1 N–H and O–H groups in total. The summed E-state index contributed by atoms with van der Waals surface area (Å²) in [5, 5.41) is 3.17. The maximum atomic E-state index is 13.1. The highest BCUT2D eigenvalue weighted by molar-refractivity contribution is 7.89. The molecule has 7 heteroatoms. The molecule has 1 aromatic rings. The van der Waals surface area contributed by atoms with Gasteiger partial charge in [0.2, 0.25) is 15.9 Å². The van der Waals surface area contributed by atoms with E-state index in [1.807, 2.05) is 13.0 Å². The summed E-state index contributed by atoms with van der Waals surface area (Å²) in [5.74, 6) is 0.350. The Kier molecular flexibility index (Phi) is 6.42. The molecular weight excluding hydrogens is 364 g/mol. The van der Waals surface area contributed by atoms with Crippen molar-refractivity contribution >= 4 is 15.9 Å². The molecule has 1 aliphatic carbocycles. The third-order valence-corrected chi connectivity index (χ3v) is 7.63. The molecule has 1 aliphatic heterocycles. The summed E-state index contributed by atoms with van der Waals surface area (Å²) in [5.41, 5.74) is 0.871. The molecule has 0 spiro atoms. The Labute approximate surface area is 162 Å². The van der Waals surface area contributed by atoms with Gasteiger partial charge in [0.25, 0.3) is 0 Å². The Morgan fingerprint density at radius 3 is 2.41 bits per heavy atom. The molecule has 0 unspecified atom stereocenters. The van der Waals surface area contributed by atoms with Gasteiger partial charge in [0.1, 0.15) is 10.6 Å². The summed E-state index contributed by atoms with van der Waals surface area (Å²) in [4.78, 5) is 12.7. The first kappa shape index (κ1) is 20.1. The van der Waals surface area contributed by atoms with Gasteiger partial charge in [0.15, 0.2) is 0 Å². The maximum absolute atomic E-state index is 13.1. The smallest absolute Gasteiger partial charge is 0.246 e. The topological polar surface area (TPSA) is 75.7 Å². The molecule has 0 radical (unpaired) electrons. The minimum Gasteiger partial charge on any atom is -0.495 e. The largest absolute Gasteiger partial charge is 0.495 e. The molecule has 1 saturated carbocycles. The van der Waals surface area contributed by atoms with Crippen LogP contribution in [0.1, 0.15) is 50.5 Å². The van der Waals surface area contributed by atoms with Crippen molar-refractivity contribution in [1.29, 1.82) is 0 Å². The SMILES string of the molecule is COc1ccc(C)cc1S(=O)(=O)N1CCC(C(=O)NC2CCCCC2)CC1. The van der Waals surface area contributed by atoms with Crippen molar-refractivity contribution in [3.63, 3.8) is 0 Å². The number of hydrogen-bond acceptors (Lipinski definition) is 4. The summed E-state index contributed by atoms with van der Waals surface area (Å²) >= 11 is 0. The van der Waals surface area contributed by atoms with Crippen molar-refractivity contribution in [2.24, 2.45) is 5.92 Å². The van der Waals surface area contributed by atoms with Gasteiger partial charge in [-0.1, -0.05) is 25.3 Å². The Bertz CT molecular complexity index is 764. The van der Waals surface area contributed by atoms with Gasteiger partial charge in [-0.3, -0.25) is 4.79 Å². The summed E-state index contributed by atoms with van der Waals surface area (Å²) < 4.78 is 32.8. The van der Waals surface area contributed by atoms with Gasteiger partial charge in [-0.05, 0) is 50.3 Å². The molecule has 3 rings (SSSR count). The number of carbonyl (C=O) groups is 1. The molecule has 1 amide bonds. The number of piperidine rings is 1. The lowest BCUT2D eigenvalue weighted by molar-refractivity contribution is -0.127. The summed E-state index contributed by atoms with van der Waals surface area (Å²) in [6.45, 7) is 2.59. The number of hydrogen-bond donors (Lipinski definition) is 1. The fourth-order valence-corrected chi connectivity index (χ4v) is 5.76. The van der Waals surface area contributed by atoms with E-state index in [9.17, 15) is 13.2 Å². The van der Waals surface area contributed by atoms with E-state index >= 15 is 0 Å². The van der Waals surface area contributed by atoms with E-state index in [1.165, 1.54) is 30.7 Å². The first-order valence-corrected chi connectivity index (χ1v) is 11.3. The standard InChI is InChI=1S/C20H30N2O4S/c1-15-8-9-18(26-2)19(14-15)27(24,25)22-12-10-16(11-13-22)20(23)21-17-6-4-3-5-7-17/h8-9,14,16-17H,3-7,10-13H2,1-2H3,(H,21,23). The Morgan fingerprint density at radius 2 is 1.78 bits per heavy atom. The highest BCUT2D eigenvalue weighted by atomic mass is 32.2. The van der Waals surface area contributed by atoms with Gasteiger partial charge in [0.05, 0.1) is 7.11 Å². The second kappa shape index (κ2) is 8.61. The minimum atomic E-state index is -3.63. The average Bonchev–Trinajstić information content (AvgIpc) is 2.69. The molecule has 0 aromatic heterocycles. The highest BCUT2D eigenvalue weighted by Gasteiger charge is 2.34. The number of methoxy groups -OCH3 is 1. The lowest BCUT2D eigenvalue weighted by Crippen LogP contribution is -2.45. The number of sulfonamides is 1. The van der Waals surface area contributed by atoms with E-state index in [2.05, 4.69) is 5.32 Å². The molecule has 6 nitrogen and oxygen atoms in total. The molecule has 1 aromatic carbocycles. The minimum absolute atomic E-state index is 0.0899. The fourth-order valence-electron chi connectivity index (χ4n) is 4.05. The van der Waals surface area contributed by atoms with Crippen LogP contribution in [0.25, 0.3) is 0 Å². The van der Waals surface area contributed by atoms with Crippen LogP contribution in [0.2, 0.25) is 0 Å². The second-order valence-corrected chi connectivity index (χ2v) is 9.58. The first-order chi connectivity index (χ1) is 12.9. The molecule has 2 fully saturated rings. The molecule has 150 valence electrons. The van der Waals surface area contributed by atoms with Crippen molar-refractivity contribution < 1.29 is 17.9 Å². The van der Waals surface area contributed by atoms with Crippen molar-refractivity contribution in [3.8, 4) is 5.75 Å². The van der Waals surface area contributed by atoms with E-state index in [1.54, 1.807) is 12.1 Å². The lowest BCUT2D eigenvalue weighted by atomic mass is 9.93. The number of rotatable bonds is 5. The normalized spacial score (nSPS) is 20.4. The maximum Gasteiger partial charge on any atom is 0.246 e. The third kappa shape index (κ3) is 4.63. The van der Waals surface area contributed by atoms with Crippen LogP contribution in [0.15, 0.2) is 23.1 Å². The van der Waals surface area contributed by atoms with Crippen LogP contribution in [-0.4, -0.2) is 44.9 Å². The monoisotopic (exact) mass is 394 g/mol. The number of nitrogens with zero attached hydrogens (tertiary/aromatic N) is 1. The van der Waals surface area contributed by atoms with E-state index in [0.717, 1.165) is 18.4 Å².